The lowest BCUT2D eigenvalue weighted by molar-refractivity contribution is -0.139. The molecule has 25 heavy (non-hydrogen) atoms. The van der Waals surface area contributed by atoms with Crippen molar-refractivity contribution in [2.24, 2.45) is 0 Å². The lowest BCUT2D eigenvalue weighted by atomic mass is 9.80. The average molecular weight is 371 g/mol. The number of nitriles is 1. The Kier molecular flexibility index (Phi) is 5.75. The summed E-state index contributed by atoms with van der Waals surface area (Å²) in [4.78, 5) is 12.3. The number of nitrogens with zero attached hydrogens (tertiary/aromatic N) is 1. The number of carbonyl (C=O) groups excluding carboxylic acids is 1. The number of benzene rings is 1. The predicted molar refractivity (Wildman–Crippen MR) is 85.3 cm³/mol. The molecular formula is C17H14ClF3N2O2. The SMILES string of the molecule is CCOC(=O)C1=C(C(F)F)NC(C)=C(C#N)C1c1ccc(F)cc1Cl. The van der Waals surface area contributed by atoms with E-state index in [0.717, 1.165) is 12.1 Å². The Labute approximate surface area is 147 Å². The van der Waals surface area contributed by atoms with E-state index >= 15 is 0 Å². The van der Waals surface area contributed by atoms with Gasteiger partial charge in [0.15, 0.2) is 0 Å². The maximum atomic E-state index is 13.5. The highest BCUT2D eigenvalue weighted by molar-refractivity contribution is 6.31. The lowest BCUT2D eigenvalue weighted by Gasteiger charge is -2.29. The van der Waals surface area contributed by atoms with Crippen LogP contribution in [0.25, 0.3) is 0 Å². The minimum atomic E-state index is -3.00. The number of hydrogen-bond acceptors (Lipinski definition) is 4. The smallest absolute Gasteiger partial charge is 0.336 e. The molecule has 0 aromatic heterocycles. The molecule has 1 aromatic rings. The van der Waals surface area contributed by atoms with Gasteiger partial charge in [-0.2, -0.15) is 5.26 Å². The topological polar surface area (TPSA) is 62.1 Å². The fourth-order valence-electron chi connectivity index (χ4n) is 2.66. The Hall–Kier alpha value is -2.46. The lowest BCUT2D eigenvalue weighted by Crippen LogP contribution is -2.32. The molecular weight excluding hydrogens is 357 g/mol. The van der Waals surface area contributed by atoms with Crippen molar-refractivity contribution in [3.05, 3.63) is 57.1 Å². The van der Waals surface area contributed by atoms with Crippen molar-refractivity contribution in [2.45, 2.75) is 26.2 Å². The van der Waals surface area contributed by atoms with Crippen LogP contribution in [0, 0.1) is 17.1 Å². The summed E-state index contributed by atoms with van der Waals surface area (Å²) >= 11 is 6.05. The first-order valence-electron chi connectivity index (χ1n) is 7.33. The van der Waals surface area contributed by atoms with E-state index in [1.165, 1.54) is 19.9 Å². The van der Waals surface area contributed by atoms with Crippen LogP contribution in [0.5, 0.6) is 0 Å². The van der Waals surface area contributed by atoms with Crippen molar-refractivity contribution >= 4 is 17.6 Å². The molecule has 1 aromatic carbocycles. The van der Waals surface area contributed by atoms with E-state index in [0.29, 0.717) is 0 Å². The van der Waals surface area contributed by atoms with Gasteiger partial charge in [0.1, 0.15) is 5.82 Å². The van der Waals surface area contributed by atoms with Gasteiger partial charge in [-0.3, -0.25) is 0 Å². The molecule has 0 amide bonds. The van der Waals surface area contributed by atoms with Crippen LogP contribution in [0.2, 0.25) is 5.02 Å². The molecule has 0 saturated carbocycles. The highest BCUT2D eigenvalue weighted by Gasteiger charge is 2.39. The van der Waals surface area contributed by atoms with E-state index in [4.69, 9.17) is 16.3 Å². The maximum Gasteiger partial charge on any atom is 0.336 e. The normalized spacial score (nSPS) is 17.4. The van der Waals surface area contributed by atoms with Crippen molar-refractivity contribution < 1.29 is 22.7 Å². The van der Waals surface area contributed by atoms with Crippen molar-refractivity contribution in [3.63, 3.8) is 0 Å². The predicted octanol–water partition coefficient (Wildman–Crippen LogP) is 4.05. The number of ether oxygens (including phenoxy) is 1. The van der Waals surface area contributed by atoms with Crippen LogP contribution in [-0.4, -0.2) is 19.0 Å². The molecule has 1 aliphatic rings. The second-order valence-electron chi connectivity index (χ2n) is 5.22. The first-order chi connectivity index (χ1) is 11.8. The van der Waals surface area contributed by atoms with Crippen LogP contribution in [0.1, 0.15) is 25.3 Å². The number of halogens is 4. The number of alkyl halides is 2. The van der Waals surface area contributed by atoms with E-state index in [9.17, 15) is 23.2 Å². The molecule has 1 aliphatic heterocycles. The molecule has 0 aliphatic carbocycles. The Morgan fingerprint density at radius 1 is 1.48 bits per heavy atom. The summed E-state index contributed by atoms with van der Waals surface area (Å²) in [5, 5.41) is 11.8. The minimum Gasteiger partial charge on any atom is -0.463 e. The van der Waals surface area contributed by atoms with E-state index < -0.39 is 35.4 Å². The van der Waals surface area contributed by atoms with Gasteiger partial charge < -0.3 is 10.1 Å². The monoisotopic (exact) mass is 370 g/mol. The third-order valence-electron chi connectivity index (χ3n) is 3.70. The third kappa shape index (κ3) is 3.64. The van der Waals surface area contributed by atoms with Gasteiger partial charge in [0.25, 0.3) is 6.43 Å². The Morgan fingerprint density at radius 2 is 2.16 bits per heavy atom. The van der Waals surface area contributed by atoms with Gasteiger partial charge in [0.2, 0.25) is 0 Å². The third-order valence-corrected chi connectivity index (χ3v) is 4.03. The van der Waals surface area contributed by atoms with Crippen LogP contribution < -0.4 is 5.32 Å². The van der Waals surface area contributed by atoms with Crippen LogP contribution >= 0.6 is 11.6 Å². The van der Waals surface area contributed by atoms with Gasteiger partial charge >= 0.3 is 5.97 Å². The van der Waals surface area contributed by atoms with Crippen LogP contribution in [0.15, 0.2) is 40.7 Å². The van der Waals surface area contributed by atoms with Gasteiger partial charge in [-0.1, -0.05) is 17.7 Å². The van der Waals surface area contributed by atoms with Crippen molar-refractivity contribution in [1.82, 2.24) is 5.32 Å². The summed E-state index contributed by atoms with van der Waals surface area (Å²) in [5.41, 5.74) is -0.702. The molecule has 1 heterocycles. The fourth-order valence-corrected chi connectivity index (χ4v) is 2.93. The number of esters is 1. The maximum absolute atomic E-state index is 13.5. The summed E-state index contributed by atoms with van der Waals surface area (Å²) < 4.78 is 45.2. The van der Waals surface area contributed by atoms with E-state index in [-0.39, 0.29) is 28.5 Å². The molecule has 2 rings (SSSR count). The van der Waals surface area contributed by atoms with Gasteiger partial charge in [0.05, 0.1) is 35.4 Å². The molecule has 0 saturated heterocycles. The van der Waals surface area contributed by atoms with Crippen molar-refractivity contribution in [1.29, 1.82) is 5.26 Å². The molecule has 0 spiro atoms. The van der Waals surface area contributed by atoms with Gasteiger partial charge in [-0.25, -0.2) is 18.0 Å². The van der Waals surface area contributed by atoms with E-state index in [2.05, 4.69) is 5.32 Å². The zero-order chi connectivity index (χ0) is 18.7. The number of carbonyl (C=O) groups is 1. The zero-order valence-corrected chi connectivity index (χ0v) is 14.1. The molecule has 4 nitrogen and oxygen atoms in total. The molecule has 8 heteroatoms. The van der Waals surface area contributed by atoms with Crippen LogP contribution in [-0.2, 0) is 9.53 Å². The molecule has 0 fully saturated rings. The molecule has 132 valence electrons. The van der Waals surface area contributed by atoms with Crippen LogP contribution in [0.3, 0.4) is 0 Å². The summed E-state index contributed by atoms with van der Waals surface area (Å²) in [6.07, 6.45) is -3.00. The molecule has 1 atom stereocenters. The molecule has 1 unspecified atom stereocenters. The Bertz CT molecular complexity index is 813. The van der Waals surface area contributed by atoms with Gasteiger partial charge in [-0.15, -0.1) is 0 Å². The number of allylic oxidation sites excluding steroid dienone is 3. The summed E-state index contributed by atoms with van der Waals surface area (Å²) in [7, 11) is 0. The van der Waals surface area contributed by atoms with Crippen molar-refractivity contribution in [3.8, 4) is 6.07 Å². The fraction of sp³-hybridized carbons (Fsp3) is 0.294. The highest BCUT2D eigenvalue weighted by Crippen LogP contribution is 2.42. The van der Waals surface area contributed by atoms with Gasteiger partial charge in [-0.05, 0) is 31.5 Å². The highest BCUT2D eigenvalue weighted by atomic mass is 35.5. The summed E-state index contributed by atoms with van der Waals surface area (Å²) in [6.45, 7) is 2.93. The quantitative estimate of drug-likeness (QED) is 0.812. The molecule has 1 N–H and O–H groups in total. The molecule has 0 radical (unpaired) electrons. The van der Waals surface area contributed by atoms with E-state index in [1.807, 2.05) is 6.07 Å². The average Bonchev–Trinajstić information content (AvgIpc) is 2.54. The van der Waals surface area contributed by atoms with Crippen molar-refractivity contribution in [2.75, 3.05) is 6.61 Å². The summed E-state index contributed by atoms with van der Waals surface area (Å²) in [5.74, 6) is -2.80. The number of nitrogens with one attached hydrogen (secondary N) is 1. The molecule has 0 bridgehead atoms. The zero-order valence-electron chi connectivity index (χ0n) is 13.4. The second-order valence-corrected chi connectivity index (χ2v) is 5.63. The Morgan fingerprint density at radius 3 is 2.68 bits per heavy atom. The number of hydrogen-bond donors (Lipinski definition) is 1. The largest absolute Gasteiger partial charge is 0.463 e. The minimum absolute atomic E-state index is 0.0287. The van der Waals surface area contributed by atoms with E-state index in [1.54, 1.807) is 0 Å². The number of rotatable bonds is 4. The van der Waals surface area contributed by atoms with Crippen LogP contribution in [0.4, 0.5) is 13.2 Å². The summed E-state index contributed by atoms with van der Waals surface area (Å²) in [6, 6.07) is 5.25. The standard InChI is InChI=1S/C17H14ClF3N2O2/c1-3-25-17(24)14-13(10-5-4-9(19)6-12(10)18)11(7-22)8(2)23-15(14)16(20)21/h4-6,13,16,23H,3H2,1-2H3. The Balaban J connectivity index is 2.76. The number of dihydropyridines is 1. The first kappa shape index (κ1) is 18.9. The first-order valence-corrected chi connectivity index (χ1v) is 7.71. The van der Waals surface area contributed by atoms with Gasteiger partial charge in [0, 0.05) is 10.7 Å². The second kappa shape index (κ2) is 7.62.